The Morgan fingerprint density at radius 3 is 2.73 bits per heavy atom. The molecule has 0 unspecified atom stereocenters. The van der Waals surface area contributed by atoms with E-state index >= 15 is 0 Å². The van der Waals surface area contributed by atoms with Crippen LogP contribution in [0.15, 0.2) is 58.6 Å². The molecule has 4 aromatic rings. The van der Waals surface area contributed by atoms with Crippen molar-refractivity contribution in [3.8, 4) is 0 Å². The first kappa shape index (κ1) is 22.4. The maximum atomic E-state index is 12.9. The van der Waals surface area contributed by atoms with Gasteiger partial charge in [0.05, 0.1) is 5.75 Å². The largest absolute Gasteiger partial charge is 0.325 e. The molecule has 0 radical (unpaired) electrons. The van der Waals surface area contributed by atoms with Gasteiger partial charge < -0.3 is 9.88 Å². The van der Waals surface area contributed by atoms with Crippen LogP contribution in [0.3, 0.4) is 0 Å². The number of thioether (sulfide) groups is 1. The first-order valence-electron chi connectivity index (χ1n) is 10.2. The zero-order valence-corrected chi connectivity index (χ0v) is 19.2. The quantitative estimate of drug-likeness (QED) is 0.332. The molecule has 0 bridgehead atoms. The maximum absolute atomic E-state index is 12.9. The van der Waals surface area contributed by atoms with Gasteiger partial charge in [-0.05, 0) is 38.1 Å². The molecule has 0 atom stereocenters. The topological polar surface area (TPSA) is 111 Å². The molecular weight excluding hydrogens is 440 g/mol. The number of Topliss-reactive ketones (excluding diaryl/α,β-unsaturated/α-hetero) is 1. The SMILES string of the molecule is CC(=O)c1cccc(NC(=O)CSc2nnc(Cc3c(C)nc4ccccn4c3=O)n2C)c1. The van der Waals surface area contributed by atoms with E-state index in [0.29, 0.717) is 39.1 Å². The number of aryl methyl sites for hydroxylation is 1. The molecule has 1 amide bonds. The summed E-state index contributed by atoms with van der Waals surface area (Å²) in [6.07, 6.45) is 1.97. The van der Waals surface area contributed by atoms with E-state index in [1.165, 1.54) is 23.1 Å². The van der Waals surface area contributed by atoms with Gasteiger partial charge in [-0.25, -0.2) is 4.98 Å². The Bertz CT molecular complexity index is 1430. The number of nitrogens with zero attached hydrogens (tertiary/aromatic N) is 5. The highest BCUT2D eigenvalue weighted by atomic mass is 32.2. The van der Waals surface area contributed by atoms with E-state index in [2.05, 4.69) is 20.5 Å². The van der Waals surface area contributed by atoms with Gasteiger partial charge in [0, 0.05) is 42.2 Å². The average Bonchev–Trinajstić information content (AvgIpc) is 3.14. The second kappa shape index (κ2) is 9.37. The van der Waals surface area contributed by atoms with Crippen LogP contribution < -0.4 is 10.9 Å². The number of carbonyl (C=O) groups is 2. The molecule has 1 N–H and O–H groups in total. The molecule has 0 saturated carbocycles. The van der Waals surface area contributed by atoms with Gasteiger partial charge >= 0.3 is 0 Å². The maximum Gasteiger partial charge on any atom is 0.261 e. The summed E-state index contributed by atoms with van der Waals surface area (Å²) in [5, 5.41) is 11.7. The molecule has 4 rings (SSSR count). The summed E-state index contributed by atoms with van der Waals surface area (Å²) >= 11 is 1.24. The minimum absolute atomic E-state index is 0.0661. The van der Waals surface area contributed by atoms with Crippen LogP contribution in [0.2, 0.25) is 0 Å². The Morgan fingerprint density at radius 2 is 1.94 bits per heavy atom. The summed E-state index contributed by atoms with van der Waals surface area (Å²) in [4.78, 5) is 41.3. The highest BCUT2D eigenvalue weighted by Gasteiger charge is 2.16. The number of anilines is 1. The zero-order chi connectivity index (χ0) is 23.5. The molecule has 0 fully saturated rings. The molecule has 3 aromatic heterocycles. The Hall–Kier alpha value is -3.79. The molecule has 3 heterocycles. The van der Waals surface area contributed by atoms with Crippen LogP contribution in [0.4, 0.5) is 5.69 Å². The minimum atomic E-state index is -0.224. The number of carbonyl (C=O) groups excluding carboxylic acids is 2. The predicted molar refractivity (Wildman–Crippen MR) is 126 cm³/mol. The van der Waals surface area contributed by atoms with Gasteiger partial charge in [0.2, 0.25) is 5.91 Å². The molecule has 0 aliphatic rings. The predicted octanol–water partition coefficient (Wildman–Crippen LogP) is 2.66. The second-order valence-electron chi connectivity index (χ2n) is 7.52. The number of amides is 1. The smallest absolute Gasteiger partial charge is 0.261 e. The van der Waals surface area contributed by atoms with Gasteiger partial charge in [-0.2, -0.15) is 0 Å². The van der Waals surface area contributed by atoms with E-state index in [0.717, 1.165) is 0 Å². The van der Waals surface area contributed by atoms with Gasteiger partial charge in [-0.3, -0.25) is 18.8 Å². The minimum Gasteiger partial charge on any atom is -0.325 e. The lowest BCUT2D eigenvalue weighted by atomic mass is 10.1. The van der Waals surface area contributed by atoms with E-state index < -0.39 is 0 Å². The number of benzene rings is 1. The Kier molecular flexibility index (Phi) is 6.36. The fourth-order valence-corrected chi connectivity index (χ4v) is 4.10. The summed E-state index contributed by atoms with van der Waals surface area (Å²) in [7, 11) is 1.80. The standard InChI is InChI=1S/C23H22N6O3S/c1-14-18(22(32)29-10-5-4-9-19(29)24-14)12-20-26-27-23(28(20)3)33-13-21(31)25-17-8-6-7-16(11-17)15(2)30/h4-11H,12-13H2,1-3H3,(H,25,31). The third-order valence-electron chi connectivity index (χ3n) is 5.18. The van der Waals surface area contributed by atoms with Crippen molar-refractivity contribution in [2.45, 2.75) is 25.4 Å². The van der Waals surface area contributed by atoms with E-state index in [4.69, 9.17) is 0 Å². The molecule has 0 aliphatic carbocycles. The van der Waals surface area contributed by atoms with Crippen molar-refractivity contribution in [2.75, 3.05) is 11.1 Å². The monoisotopic (exact) mass is 462 g/mol. The summed E-state index contributed by atoms with van der Waals surface area (Å²) in [6.45, 7) is 3.29. The lowest BCUT2D eigenvalue weighted by Gasteiger charge is -2.08. The van der Waals surface area contributed by atoms with Gasteiger partial charge in [-0.15, -0.1) is 10.2 Å². The van der Waals surface area contributed by atoms with Crippen molar-refractivity contribution >= 4 is 34.8 Å². The number of nitrogens with one attached hydrogen (secondary N) is 1. The number of hydrogen-bond donors (Lipinski definition) is 1. The van der Waals surface area contributed by atoms with Crippen LogP contribution in [-0.4, -0.2) is 41.6 Å². The van der Waals surface area contributed by atoms with Crippen molar-refractivity contribution in [3.05, 3.63) is 81.7 Å². The Labute approximate surface area is 193 Å². The van der Waals surface area contributed by atoms with Crippen LogP contribution in [0.5, 0.6) is 0 Å². The highest BCUT2D eigenvalue weighted by Crippen LogP contribution is 2.18. The molecule has 9 nitrogen and oxygen atoms in total. The van der Waals surface area contributed by atoms with E-state index in [1.807, 2.05) is 6.07 Å². The summed E-state index contributed by atoms with van der Waals surface area (Å²) in [6, 6.07) is 12.2. The number of rotatable bonds is 7. The first-order valence-corrected chi connectivity index (χ1v) is 11.2. The summed E-state index contributed by atoms with van der Waals surface area (Å²) < 4.78 is 3.28. The fourth-order valence-electron chi connectivity index (χ4n) is 3.37. The highest BCUT2D eigenvalue weighted by molar-refractivity contribution is 7.99. The van der Waals surface area contributed by atoms with Gasteiger partial charge in [0.25, 0.3) is 5.56 Å². The van der Waals surface area contributed by atoms with Gasteiger partial charge in [0.1, 0.15) is 11.5 Å². The van der Waals surface area contributed by atoms with Crippen LogP contribution >= 0.6 is 11.8 Å². The number of pyridine rings is 1. The Morgan fingerprint density at radius 1 is 1.12 bits per heavy atom. The van der Waals surface area contributed by atoms with Gasteiger partial charge in [0.15, 0.2) is 10.9 Å². The zero-order valence-electron chi connectivity index (χ0n) is 18.4. The third kappa shape index (κ3) is 4.85. The summed E-state index contributed by atoms with van der Waals surface area (Å²) in [5.74, 6) is 0.432. The summed E-state index contributed by atoms with van der Waals surface area (Å²) in [5.41, 5.74) is 2.75. The molecule has 0 spiro atoms. The van der Waals surface area contributed by atoms with Crippen LogP contribution in [-0.2, 0) is 18.3 Å². The van der Waals surface area contributed by atoms with E-state index in [-0.39, 0.29) is 29.4 Å². The lowest BCUT2D eigenvalue weighted by Crippen LogP contribution is -2.22. The van der Waals surface area contributed by atoms with Crippen LogP contribution in [0.25, 0.3) is 5.65 Å². The first-order chi connectivity index (χ1) is 15.8. The molecule has 10 heteroatoms. The number of hydrogen-bond acceptors (Lipinski definition) is 7. The molecule has 168 valence electrons. The van der Waals surface area contributed by atoms with Crippen LogP contribution in [0.1, 0.15) is 34.4 Å². The number of fused-ring (bicyclic) bond motifs is 1. The molecule has 0 aliphatic heterocycles. The van der Waals surface area contributed by atoms with Crippen molar-refractivity contribution in [1.29, 1.82) is 0 Å². The van der Waals surface area contributed by atoms with Crippen molar-refractivity contribution in [3.63, 3.8) is 0 Å². The fraction of sp³-hybridized carbons (Fsp3) is 0.217. The molecule has 33 heavy (non-hydrogen) atoms. The van der Waals surface area contributed by atoms with Crippen molar-refractivity contribution < 1.29 is 9.59 Å². The average molecular weight is 463 g/mol. The van der Waals surface area contributed by atoms with E-state index in [1.54, 1.807) is 61.1 Å². The molecular formula is C23H22N6O3S. The number of ketones is 1. The third-order valence-corrected chi connectivity index (χ3v) is 6.20. The second-order valence-corrected chi connectivity index (χ2v) is 8.46. The Balaban J connectivity index is 1.45. The number of aromatic nitrogens is 5. The van der Waals surface area contributed by atoms with E-state index in [9.17, 15) is 14.4 Å². The molecule has 1 aromatic carbocycles. The van der Waals surface area contributed by atoms with Crippen molar-refractivity contribution in [1.82, 2.24) is 24.1 Å². The van der Waals surface area contributed by atoms with Crippen molar-refractivity contribution in [2.24, 2.45) is 7.05 Å². The van der Waals surface area contributed by atoms with Crippen LogP contribution in [0, 0.1) is 6.92 Å². The normalized spacial score (nSPS) is 11.0. The molecule has 0 saturated heterocycles. The lowest BCUT2D eigenvalue weighted by molar-refractivity contribution is -0.113. The van der Waals surface area contributed by atoms with Gasteiger partial charge in [-0.1, -0.05) is 30.0 Å².